The van der Waals surface area contributed by atoms with Crippen LogP contribution in [0.2, 0.25) is 5.02 Å². The number of anilines is 2. The molecule has 0 saturated carbocycles. The predicted octanol–water partition coefficient (Wildman–Crippen LogP) is 7.37. The van der Waals surface area contributed by atoms with E-state index in [1.165, 1.54) is 0 Å². The first-order chi connectivity index (χ1) is 14.3. The molecule has 2 aromatic rings. The molecule has 1 amide bonds. The fourth-order valence-electron chi connectivity index (χ4n) is 4.38. The molecule has 0 aromatic heterocycles. The van der Waals surface area contributed by atoms with E-state index in [1.807, 2.05) is 32.9 Å². The largest absolute Gasteiger partial charge is 0.494 e. The van der Waals surface area contributed by atoms with Crippen LogP contribution in [0.15, 0.2) is 24.3 Å². The van der Waals surface area contributed by atoms with Crippen LogP contribution in [-0.4, -0.2) is 24.3 Å². The number of para-hydroxylation sites is 1. The van der Waals surface area contributed by atoms with Crippen molar-refractivity contribution in [3.05, 3.63) is 40.4 Å². The molecule has 1 aliphatic rings. The van der Waals surface area contributed by atoms with E-state index in [2.05, 4.69) is 44.4 Å². The molecule has 3 rings (SSSR count). The molecule has 31 heavy (non-hydrogen) atoms. The van der Waals surface area contributed by atoms with Crippen molar-refractivity contribution in [2.24, 2.45) is 0 Å². The van der Waals surface area contributed by atoms with Gasteiger partial charge in [-0.3, -0.25) is 5.32 Å². The highest BCUT2D eigenvalue weighted by molar-refractivity contribution is 6.35. The lowest BCUT2D eigenvalue weighted by atomic mass is 9.79. The monoisotopic (exact) mass is 444 g/mol. The van der Waals surface area contributed by atoms with Crippen molar-refractivity contribution < 1.29 is 14.3 Å². The number of hydrogen-bond acceptors (Lipinski definition) is 4. The van der Waals surface area contributed by atoms with Gasteiger partial charge in [-0.25, -0.2) is 4.79 Å². The molecule has 0 radical (unpaired) electrons. The highest BCUT2D eigenvalue weighted by Gasteiger charge is 2.33. The van der Waals surface area contributed by atoms with Crippen LogP contribution in [0.4, 0.5) is 16.2 Å². The molecule has 0 saturated heterocycles. The summed E-state index contributed by atoms with van der Waals surface area (Å²) >= 11 is 6.99. The maximum atomic E-state index is 12.3. The van der Waals surface area contributed by atoms with E-state index < -0.39 is 11.7 Å². The van der Waals surface area contributed by atoms with E-state index in [-0.39, 0.29) is 5.54 Å². The molecule has 1 aliphatic heterocycles. The second-order valence-corrected chi connectivity index (χ2v) is 10.3. The van der Waals surface area contributed by atoms with E-state index in [4.69, 9.17) is 21.1 Å². The smallest absolute Gasteiger partial charge is 0.412 e. The average molecular weight is 445 g/mol. The lowest BCUT2D eigenvalue weighted by Gasteiger charge is -2.39. The first-order valence-corrected chi connectivity index (χ1v) is 11.0. The van der Waals surface area contributed by atoms with Crippen LogP contribution in [0.5, 0.6) is 5.75 Å². The third-order valence-corrected chi connectivity index (χ3v) is 5.82. The van der Waals surface area contributed by atoms with Crippen LogP contribution in [-0.2, 0) is 4.74 Å². The summed E-state index contributed by atoms with van der Waals surface area (Å²) in [7, 11) is 1.59. The summed E-state index contributed by atoms with van der Waals surface area (Å²) in [5.41, 5.74) is 5.03. The Bertz CT molecular complexity index is 1010. The zero-order chi connectivity index (χ0) is 23.1. The number of hydrogen-bond donors (Lipinski definition) is 2. The number of halogens is 1. The fourth-order valence-corrected chi connectivity index (χ4v) is 4.82. The summed E-state index contributed by atoms with van der Waals surface area (Å²) in [6, 6.07) is 7.70. The van der Waals surface area contributed by atoms with Crippen LogP contribution in [0.3, 0.4) is 0 Å². The van der Waals surface area contributed by atoms with Gasteiger partial charge in [-0.05, 0) is 77.1 Å². The average Bonchev–Trinajstić information content (AvgIpc) is 2.61. The summed E-state index contributed by atoms with van der Waals surface area (Å²) in [6.45, 7) is 14.2. The van der Waals surface area contributed by atoms with Gasteiger partial charge in [0, 0.05) is 22.4 Å². The molecule has 1 unspecified atom stereocenters. The highest BCUT2D eigenvalue weighted by atomic mass is 35.5. The second-order valence-electron chi connectivity index (χ2n) is 9.97. The minimum absolute atomic E-state index is 0.0109. The van der Waals surface area contributed by atoms with Crippen LogP contribution in [0, 0.1) is 6.92 Å². The van der Waals surface area contributed by atoms with Crippen molar-refractivity contribution >= 4 is 29.1 Å². The van der Waals surface area contributed by atoms with Crippen molar-refractivity contribution in [1.82, 2.24) is 0 Å². The molecule has 168 valence electrons. The van der Waals surface area contributed by atoms with Gasteiger partial charge in [-0.15, -0.1) is 0 Å². The van der Waals surface area contributed by atoms with Crippen molar-refractivity contribution in [2.75, 3.05) is 17.7 Å². The number of benzene rings is 2. The molecule has 2 aromatic carbocycles. The molecule has 2 N–H and O–H groups in total. The van der Waals surface area contributed by atoms with Crippen molar-refractivity contribution in [1.29, 1.82) is 0 Å². The Balaban J connectivity index is 2.09. The summed E-state index contributed by atoms with van der Waals surface area (Å²) in [5, 5.41) is 7.17. The Morgan fingerprint density at radius 1 is 1.26 bits per heavy atom. The third-order valence-electron chi connectivity index (χ3n) is 5.42. The molecule has 0 bridgehead atoms. The maximum absolute atomic E-state index is 12.3. The molecule has 6 heteroatoms. The summed E-state index contributed by atoms with van der Waals surface area (Å²) in [6.07, 6.45) is 0.454. The highest BCUT2D eigenvalue weighted by Crippen LogP contribution is 2.49. The number of ether oxygens (including phenoxy) is 2. The van der Waals surface area contributed by atoms with Gasteiger partial charge in [0.2, 0.25) is 0 Å². The first kappa shape index (κ1) is 23.3. The molecule has 5 nitrogen and oxygen atoms in total. The first-order valence-electron chi connectivity index (χ1n) is 10.6. The number of fused-ring (bicyclic) bond motifs is 1. The molecule has 1 atom stereocenters. The van der Waals surface area contributed by atoms with Gasteiger partial charge in [0.25, 0.3) is 0 Å². The van der Waals surface area contributed by atoms with Gasteiger partial charge >= 0.3 is 6.09 Å². The summed E-state index contributed by atoms with van der Waals surface area (Å²) < 4.78 is 11.1. The van der Waals surface area contributed by atoms with Crippen LogP contribution in [0.25, 0.3) is 11.1 Å². The number of methoxy groups -OCH3 is 1. The van der Waals surface area contributed by atoms with Crippen molar-refractivity contribution in [2.45, 2.75) is 71.9 Å². The maximum Gasteiger partial charge on any atom is 0.412 e. The van der Waals surface area contributed by atoms with E-state index in [1.54, 1.807) is 13.2 Å². The number of nitrogens with one attached hydrogen (secondary N) is 2. The van der Waals surface area contributed by atoms with Gasteiger partial charge in [-0.2, -0.15) is 0 Å². The third kappa shape index (κ3) is 4.93. The van der Waals surface area contributed by atoms with Gasteiger partial charge in [0.15, 0.2) is 0 Å². The Morgan fingerprint density at radius 3 is 2.55 bits per heavy atom. The molecule has 1 heterocycles. The molecule has 0 fully saturated rings. The second kappa shape index (κ2) is 8.27. The van der Waals surface area contributed by atoms with Gasteiger partial charge in [0.05, 0.1) is 17.8 Å². The minimum atomic E-state index is -0.593. The Labute approximate surface area is 190 Å². The van der Waals surface area contributed by atoms with E-state index in [0.717, 1.165) is 34.4 Å². The lowest BCUT2D eigenvalue weighted by molar-refractivity contribution is 0.0635. The molecule has 0 aliphatic carbocycles. The number of rotatable bonds is 3. The van der Waals surface area contributed by atoms with Crippen LogP contribution < -0.4 is 15.4 Å². The SMILES string of the molecule is COc1c(NC(=O)OC(C)(C)C)cccc1-c1cc(C)c2c(c1Cl)C(C)CC(C)(C)N2. The van der Waals surface area contributed by atoms with Crippen molar-refractivity contribution in [3.8, 4) is 16.9 Å². The minimum Gasteiger partial charge on any atom is -0.494 e. The zero-order valence-electron chi connectivity index (χ0n) is 19.7. The predicted molar refractivity (Wildman–Crippen MR) is 129 cm³/mol. The quantitative estimate of drug-likeness (QED) is 0.518. The van der Waals surface area contributed by atoms with E-state index in [9.17, 15) is 4.79 Å². The van der Waals surface area contributed by atoms with Crippen LogP contribution in [0.1, 0.15) is 65.0 Å². The standard InChI is InChI=1S/C25H33ClN2O3/c1-14-12-17(20(26)19-15(2)13-25(6,7)28-21(14)19)16-10-9-11-18(22(16)30-8)27-23(29)31-24(3,4)5/h9-12,15,28H,13H2,1-8H3,(H,27,29). The number of carbonyl (C=O) groups excluding carboxylic acids is 1. The van der Waals surface area contributed by atoms with Gasteiger partial charge < -0.3 is 14.8 Å². The Morgan fingerprint density at radius 2 is 1.94 bits per heavy atom. The van der Waals surface area contributed by atoms with Gasteiger partial charge in [-0.1, -0.05) is 30.7 Å². The zero-order valence-corrected chi connectivity index (χ0v) is 20.5. The summed E-state index contributed by atoms with van der Waals surface area (Å²) in [5.74, 6) is 0.859. The molecular weight excluding hydrogens is 412 g/mol. The number of amides is 1. The normalized spacial score (nSPS) is 17.4. The number of carbonyl (C=O) groups is 1. The van der Waals surface area contributed by atoms with Crippen LogP contribution >= 0.6 is 11.6 Å². The fraction of sp³-hybridized carbons (Fsp3) is 0.480. The molecular formula is C25H33ClN2O3. The van der Waals surface area contributed by atoms with E-state index >= 15 is 0 Å². The topological polar surface area (TPSA) is 59.6 Å². The number of aryl methyl sites for hydroxylation is 1. The van der Waals surface area contributed by atoms with Gasteiger partial charge in [0.1, 0.15) is 11.4 Å². The Hall–Kier alpha value is -2.40. The molecule has 0 spiro atoms. The van der Waals surface area contributed by atoms with Crippen molar-refractivity contribution in [3.63, 3.8) is 0 Å². The summed E-state index contributed by atoms with van der Waals surface area (Å²) in [4.78, 5) is 12.3. The lowest BCUT2D eigenvalue weighted by Crippen LogP contribution is -2.37. The van der Waals surface area contributed by atoms with E-state index in [0.29, 0.717) is 22.4 Å². The Kier molecular flexibility index (Phi) is 6.21.